The van der Waals surface area contributed by atoms with Crippen molar-refractivity contribution in [1.82, 2.24) is 4.90 Å². The Balaban J connectivity index is 1.28. The summed E-state index contributed by atoms with van der Waals surface area (Å²) in [6.45, 7) is 15.6. The molecule has 1 aliphatic heterocycles. The molecule has 5 rings (SSSR count). The molecule has 4 aliphatic carbocycles. The molecule has 0 aromatic heterocycles. The third-order valence-corrected chi connectivity index (χ3v) is 12.0. The van der Waals surface area contributed by atoms with Gasteiger partial charge in [-0.3, -0.25) is 0 Å². The fourth-order valence-electron chi connectivity index (χ4n) is 10.1. The zero-order chi connectivity index (χ0) is 22.5. The first-order chi connectivity index (χ1) is 15.3. The number of hydrogen-bond acceptors (Lipinski definition) is 1. The van der Waals surface area contributed by atoms with Crippen molar-refractivity contribution in [2.45, 2.75) is 118 Å². The molecule has 3 saturated carbocycles. The van der Waals surface area contributed by atoms with E-state index in [0.717, 1.165) is 41.4 Å². The van der Waals surface area contributed by atoms with Gasteiger partial charge in [0, 0.05) is 18.8 Å². The average Bonchev–Trinajstić information content (AvgIpc) is 3.40. The quantitative estimate of drug-likeness (QED) is 0.400. The standard InChI is InChI=1S/C31H53N/c1-22(2)9-8-10-23(3)27-13-14-28-26-12-11-24-21-25(32-19-6-7-20-32)15-17-30(24,4)29(26)16-18-31(27,28)5/h15,22-24,26-29H,6-14,16-21H2,1-5H3/t23-,24-,26+,27-,28+,29+,30-,31-/m0/s1. The summed E-state index contributed by atoms with van der Waals surface area (Å²) in [4.78, 5) is 2.74. The van der Waals surface area contributed by atoms with Crippen molar-refractivity contribution in [3.63, 3.8) is 0 Å². The van der Waals surface area contributed by atoms with E-state index < -0.39 is 0 Å². The van der Waals surface area contributed by atoms with Gasteiger partial charge in [0.05, 0.1) is 0 Å². The molecule has 32 heavy (non-hydrogen) atoms. The Kier molecular flexibility index (Phi) is 6.52. The molecule has 1 heterocycles. The molecule has 0 unspecified atom stereocenters. The van der Waals surface area contributed by atoms with Crippen LogP contribution in [0.2, 0.25) is 0 Å². The van der Waals surface area contributed by atoms with Crippen LogP contribution in [0, 0.1) is 52.3 Å². The predicted molar refractivity (Wildman–Crippen MR) is 137 cm³/mol. The molecule has 182 valence electrons. The van der Waals surface area contributed by atoms with Gasteiger partial charge in [-0.25, -0.2) is 0 Å². The van der Waals surface area contributed by atoms with Crippen molar-refractivity contribution in [3.05, 3.63) is 11.8 Å². The van der Waals surface area contributed by atoms with E-state index in [-0.39, 0.29) is 0 Å². The third-order valence-electron chi connectivity index (χ3n) is 12.0. The largest absolute Gasteiger partial charge is 0.375 e. The third kappa shape index (κ3) is 3.90. The Bertz CT molecular complexity index is 687. The summed E-state index contributed by atoms with van der Waals surface area (Å²) in [5.41, 5.74) is 2.97. The van der Waals surface area contributed by atoms with Crippen LogP contribution in [-0.4, -0.2) is 18.0 Å². The SMILES string of the molecule is CC(C)CCC[C@H](C)[C@@H]1CC[C@@H]2[C@H]3CC[C@H]4CC(N5CCCC5)=CC[C@]4(C)[C@@H]3CC[C@]21C. The van der Waals surface area contributed by atoms with Crippen molar-refractivity contribution in [2.75, 3.05) is 13.1 Å². The number of fused-ring (bicyclic) bond motifs is 5. The molecule has 1 nitrogen and oxygen atoms in total. The molecular weight excluding hydrogens is 386 g/mol. The monoisotopic (exact) mass is 439 g/mol. The molecular formula is C31H53N. The lowest BCUT2D eigenvalue weighted by Crippen LogP contribution is -2.53. The van der Waals surface area contributed by atoms with Crippen LogP contribution in [0.1, 0.15) is 118 Å². The minimum Gasteiger partial charge on any atom is -0.375 e. The summed E-state index contributed by atoms with van der Waals surface area (Å²) >= 11 is 0. The average molecular weight is 440 g/mol. The zero-order valence-electron chi connectivity index (χ0n) is 22.2. The van der Waals surface area contributed by atoms with Gasteiger partial charge in [-0.05, 0) is 116 Å². The molecule has 4 fully saturated rings. The lowest BCUT2D eigenvalue weighted by molar-refractivity contribution is -0.103. The summed E-state index contributed by atoms with van der Waals surface area (Å²) in [6.07, 6.45) is 21.9. The molecule has 5 aliphatic rings. The van der Waals surface area contributed by atoms with Crippen molar-refractivity contribution < 1.29 is 0 Å². The highest BCUT2D eigenvalue weighted by atomic mass is 15.1. The van der Waals surface area contributed by atoms with Gasteiger partial charge in [-0.1, -0.05) is 60.0 Å². The van der Waals surface area contributed by atoms with Gasteiger partial charge in [-0.2, -0.15) is 0 Å². The van der Waals surface area contributed by atoms with Crippen molar-refractivity contribution >= 4 is 0 Å². The molecule has 0 aromatic rings. The summed E-state index contributed by atoms with van der Waals surface area (Å²) < 4.78 is 0. The van der Waals surface area contributed by atoms with E-state index in [9.17, 15) is 0 Å². The highest BCUT2D eigenvalue weighted by molar-refractivity contribution is 5.17. The summed E-state index contributed by atoms with van der Waals surface area (Å²) in [7, 11) is 0. The van der Waals surface area contributed by atoms with E-state index in [1.807, 2.05) is 0 Å². The first-order valence-electron chi connectivity index (χ1n) is 14.8. The van der Waals surface area contributed by atoms with E-state index in [2.05, 4.69) is 45.6 Å². The normalized spacial score (nSPS) is 44.8. The number of hydrogen-bond donors (Lipinski definition) is 0. The summed E-state index contributed by atoms with van der Waals surface area (Å²) in [5.74, 6) is 6.83. The fourth-order valence-corrected chi connectivity index (χ4v) is 10.1. The summed E-state index contributed by atoms with van der Waals surface area (Å²) in [6, 6.07) is 0. The van der Waals surface area contributed by atoms with Gasteiger partial charge in [0.2, 0.25) is 0 Å². The van der Waals surface area contributed by atoms with Crippen LogP contribution in [0.15, 0.2) is 11.8 Å². The summed E-state index contributed by atoms with van der Waals surface area (Å²) in [5, 5.41) is 0. The maximum absolute atomic E-state index is 2.76. The second-order valence-electron chi connectivity index (χ2n) is 14.0. The van der Waals surface area contributed by atoms with E-state index >= 15 is 0 Å². The molecule has 0 spiro atoms. The van der Waals surface area contributed by atoms with Crippen LogP contribution in [0.3, 0.4) is 0 Å². The van der Waals surface area contributed by atoms with E-state index in [0.29, 0.717) is 10.8 Å². The van der Waals surface area contributed by atoms with Crippen LogP contribution in [-0.2, 0) is 0 Å². The second-order valence-corrected chi connectivity index (χ2v) is 14.0. The van der Waals surface area contributed by atoms with E-state index in [4.69, 9.17) is 0 Å². The van der Waals surface area contributed by atoms with E-state index in [1.54, 1.807) is 18.5 Å². The molecule has 0 bridgehead atoms. The first-order valence-corrected chi connectivity index (χ1v) is 14.8. The number of likely N-dealkylation sites (tertiary alicyclic amines) is 1. The Hall–Kier alpha value is -0.460. The predicted octanol–water partition coefficient (Wildman–Crippen LogP) is 8.70. The minimum atomic E-state index is 0.592. The van der Waals surface area contributed by atoms with Crippen LogP contribution >= 0.6 is 0 Å². The second kappa shape index (κ2) is 8.96. The van der Waals surface area contributed by atoms with Gasteiger partial charge < -0.3 is 4.90 Å². The maximum Gasteiger partial charge on any atom is 0.0175 e. The Morgan fingerprint density at radius 3 is 2.41 bits per heavy atom. The van der Waals surface area contributed by atoms with Gasteiger partial charge in [0.15, 0.2) is 0 Å². The number of rotatable bonds is 6. The Labute approximate surface area is 200 Å². The molecule has 1 heteroatoms. The van der Waals surface area contributed by atoms with Crippen LogP contribution in [0.4, 0.5) is 0 Å². The maximum atomic E-state index is 2.76. The van der Waals surface area contributed by atoms with Gasteiger partial charge >= 0.3 is 0 Å². The zero-order valence-corrected chi connectivity index (χ0v) is 22.2. The van der Waals surface area contributed by atoms with E-state index in [1.165, 1.54) is 83.7 Å². The minimum absolute atomic E-state index is 0.592. The molecule has 0 radical (unpaired) electrons. The van der Waals surface area contributed by atoms with Gasteiger partial charge in [-0.15, -0.1) is 0 Å². The van der Waals surface area contributed by atoms with Gasteiger partial charge in [0.25, 0.3) is 0 Å². The Morgan fingerprint density at radius 2 is 1.66 bits per heavy atom. The van der Waals surface area contributed by atoms with Crippen LogP contribution in [0.25, 0.3) is 0 Å². The highest BCUT2D eigenvalue weighted by Crippen LogP contribution is 2.68. The smallest absolute Gasteiger partial charge is 0.0175 e. The van der Waals surface area contributed by atoms with Crippen molar-refractivity contribution in [2.24, 2.45) is 52.3 Å². The number of allylic oxidation sites excluding steroid dienone is 2. The van der Waals surface area contributed by atoms with Crippen LogP contribution in [0.5, 0.6) is 0 Å². The fraction of sp³-hybridized carbons (Fsp3) is 0.935. The lowest BCUT2D eigenvalue weighted by Gasteiger charge is -2.60. The Morgan fingerprint density at radius 1 is 0.906 bits per heavy atom. The highest BCUT2D eigenvalue weighted by Gasteiger charge is 2.60. The van der Waals surface area contributed by atoms with Crippen molar-refractivity contribution in [3.8, 4) is 0 Å². The van der Waals surface area contributed by atoms with Gasteiger partial charge in [0.1, 0.15) is 0 Å². The van der Waals surface area contributed by atoms with Crippen molar-refractivity contribution in [1.29, 1.82) is 0 Å². The number of nitrogens with zero attached hydrogens (tertiary/aromatic N) is 1. The topological polar surface area (TPSA) is 3.24 Å². The molecule has 0 N–H and O–H groups in total. The molecule has 0 amide bonds. The first kappa shape index (κ1) is 23.3. The molecule has 0 aromatic carbocycles. The molecule has 1 saturated heterocycles. The van der Waals surface area contributed by atoms with Crippen LogP contribution < -0.4 is 0 Å². The lowest BCUT2D eigenvalue weighted by atomic mass is 9.45. The molecule has 8 atom stereocenters.